The van der Waals surface area contributed by atoms with Gasteiger partial charge in [0.15, 0.2) is 5.65 Å². The second kappa shape index (κ2) is 9.37. The fourth-order valence-corrected chi connectivity index (χ4v) is 3.20. The lowest BCUT2D eigenvalue weighted by atomic mass is 10.1. The number of benzene rings is 1. The normalized spacial score (nSPS) is 12.0. The summed E-state index contributed by atoms with van der Waals surface area (Å²) in [6.45, 7) is 6.62. The standard InChI is InChI=1S/C22H23BrN4O/c1-3-9-16(4-2)10-7-8-13-24-21-14-19(17-11-5-6-12-20(17)28)26-22-18(23)15-25-27(21)22/h3,5-7,9-12,14-15,24,28H,1,4,8,13H2,2H3/b10-7-,16-9-. The van der Waals surface area contributed by atoms with Gasteiger partial charge in [-0.15, -0.1) is 0 Å². The maximum atomic E-state index is 10.2. The number of phenols is 1. The van der Waals surface area contributed by atoms with Gasteiger partial charge in [-0.05, 0) is 46.5 Å². The van der Waals surface area contributed by atoms with Gasteiger partial charge in [0.05, 0.1) is 16.4 Å². The zero-order valence-electron chi connectivity index (χ0n) is 15.8. The van der Waals surface area contributed by atoms with Gasteiger partial charge in [0.1, 0.15) is 11.6 Å². The molecule has 2 N–H and O–H groups in total. The molecule has 0 radical (unpaired) electrons. The number of aromatic hydroxyl groups is 1. The molecule has 144 valence electrons. The van der Waals surface area contributed by atoms with E-state index in [1.54, 1.807) is 22.8 Å². The largest absolute Gasteiger partial charge is 0.507 e. The van der Waals surface area contributed by atoms with Crippen LogP contribution in [0, 0.1) is 0 Å². The molecule has 2 aromatic heterocycles. The predicted molar refractivity (Wildman–Crippen MR) is 119 cm³/mol. The van der Waals surface area contributed by atoms with Gasteiger partial charge < -0.3 is 10.4 Å². The number of hydrogen-bond acceptors (Lipinski definition) is 4. The molecular formula is C22H23BrN4O. The van der Waals surface area contributed by atoms with Gasteiger partial charge in [-0.25, -0.2) is 4.98 Å². The van der Waals surface area contributed by atoms with Crippen LogP contribution >= 0.6 is 15.9 Å². The van der Waals surface area contributed by atoms with Crippen LogP contribution in [-0.2, 0) is 0 Å². The SMILES string of the molecule is C=C/C=C(\C=C/CCNc1cc(-c2ccccc2O)nc2c(Br)cnn12)CC. The first kappa shape index (κ1) is 19.9. The third kappa shape index (κ3) is 4.51. The van der Waals surface area contributed by atoms with Crippen LogP contribution < -0.4 is 5.32 Å². The number of aromatic nitrogens is 3. The third-order valence-electron chi connectivity index (χ3n) is 4.30. The molecule has 0 aliphatic rings. The Labute approximate surface area is 173 Å². The van der Waals surface area contributed by atoms with E-state index in [-0.39, 0.29) is 5.75 Å². The van der Waals surface area contributed by atoms with Gasteiger partial charge in [0, 0.05) is 18.2 Å². The predicted octanol–water partition coefficient (Wildman–Crippen LogP) is 5.75. The van der Waals surface area contributed by atoms with Crippen molar-refractivity contribution in [3.05, 3.63) is 77.5 Å². The van der Waals surface area contributed by atoms with E-state index in [0.717, 1.165) is 29.7 Å². The average Bonchev–Trinajstić information content (AvgIpc) is 3.08. The Hall–Kier alpha value is -2.86. The molecule has 0 amide bonds. The van der Waals surface area contributed by atoms with Crippen LogP contribution in [0.1, 0.15) is 19.8 Å². The number of nitrogens with one attached hydrogen (secondary N) is 1. The number of allylic oxidation sites excluding steroid dienone is 4. The van der Waals surface area contributed by atoms with Crippen molar-refractivity contribution in [1.29, 1.82) is 0 Å². The maximum Gasteiger partial charge on any atom is 0.172 e. The van der Waals surface area contributed by atoms with E-state index in [4.69, 9.17) is 0 Å². The van der Waals surface area contributed by atoms with Crippen molar-refractivity contribution in [2.24, 2.45) is 0 Å². The molecule has 0 unspecified atom stereocenters. The summed E-state index contributed by atoms with van der Waals surface area (Å²) in [5, 5.41) is 18.0. The highest BCUT2D eigenvalue weighted by molar-refractivity contribution is 9.10. The van der Waals surface area contributed by atoms with Crippen molar-refractivity contribution in [1.82, 2.24) is 14.6 Å². The maximum absolute atomic E-state index is 10.2. The minimum absolute atomic E-state index is 0.199. The third-order valence-corrected chi connectivity index (χ3v) is 4.86. The molecule has 0 spiro atoms. The van der Waals surface area contributed by atoms with E-state index in [0.29, 0.717) is 16.9 Å². The highest BCUT2D eigenvalue weighted by Crippen LogP contribution is 2.31. The molecule has 0 aliphatic heterocycles. The monoisotopic (exact) mass is 438 g/mol. The Kier molecular flexibility index (Phi) is 6.66. The smallest absolute Gasteiger partial charge is 0.172 e. The number of para-hydroxylation sites is 1. The molecule has 0 bridgehead atoms. The first-order chi connectivity index (χ1) is 13.6. The quantitative estimate of drug-likeness (QED) is 0.347. The van der Waals surface area contributed by atoms with Crippen LogP contribution in [0.25, 0.3) is 16.9 Å². The molecule has 2 heterocycles. The molecule has 0 aliphatic carbocycles. The summed E-state index contributed by atoms with van der Waals surface area (Å²) in [7, 11) is 0. The van der Waals surface area contributed by atoms with Crippen LogP contribution in [-0.4, -0.2) is 26.2 Å². The van der Waals surface area contributed by atoms with Crippen LogP contribution in [0.5, 0.6) is 5.75 Å². The van der Waals surface area contributed by atoms with E-state index in [2.05, 4.69) is 57.0 Å². The fraction of sp³-hybridized carbons (Fsp3) is 0.182. The summed E-state index contributed by atoms with van der Waals surface area (Å²) in [5.41, 5.74) is 3.32. The summed E-state index contributed by atoms with van der Waals surface area (Å²) in [6, 6.07) is 9.09. The van der Waals surface area contributed by atoms with Crippen LogP contribution in [0.4, 0.5) is 5.82 Å². The van der Waals surface area contributed by atoms with E-state index in [1.807, 2.05) is 30.4 Å². The molecule has 0 saturated carbocycles. The molecule has 0 atom stereocenters. The lowest BCUT2D eigenvalue weighted by molar-refractivity contribution is 0.477. The summed E-state index contributed by atoms with van der Waals surface area (Å²) in [6.07, 6.45) is 11.7. The Bertz CT molecular complexity index is 1040. The van der Waals surface area contributed by atoms with Crippen molar-refractivity contribution in [3.8, 4) is 17.0 Å². The lowest BCUT2D eigenvalue weighted by Crippen LogP contribution is -2.07. The van der Waals surface area contributed by atoms with E-state index < -0.39 is 0 Å². The van der Waals surface area contributed by atoms with Crippen molar-refractivity contribution in [3.63, 3.8) is 0 Å². The number of hydrogen-bond donors (Lipinski definition) is 2. The Morgan fingerprint density at radius 3 is 2.93 bits per heavy atom. The van der Waals surface area contributed by atoms with Gasteiger partial charge in [0.25, 0.3) is 0 Å². The Morgan fingerprint density at radius 1 is 1.36 bits per heavy atom. The molecule has 1 aromatic carbocycles. The molecule has 5 nitrogen and oxygen atoms in total. The number of nitrogens with zero attached hydrogens (tertiary/aromatic N) is 3. The molecule has 0 fully saturated rings. The number of fused-ring (bicyclic) bond motifs is 1. The first-order valence-electron chi connectivity index (χ1n) is 9.18. The second-order valence-corrected chi connectivity index (χ2v) is 7.07. The minimum atomic E-state index is 0.199. The summed E-state index contributed by atoms with van der Waals surface area (Å²) in [4.78, 5) is 4.65. The summed E-state index contributed by atoms with van der Waals surface area (Å²) in [5.74, 6) is 1.02. The van der Waals surface area contributed by atoms with Gasteiger partial charge >= 0.3 is 0 Å². The minimum Gasteiger partial charge on any atom is -0.507 e. The van der Waals surface area contributed by atoms with Crippen LogP contribution in [0.15, 0.2) is 77.5 Å². The number of rotatable bonds is 8. The number of anilines is 1. The van der Waals surface area contributed by atoms with Crippen molar-refractivity contribution < 1.29 is 5.11 Å². The summed E-state index contributed by atoms with van der Waals surface area (Å²) < 4.78 is 2.56. The Morgan fingerprint density at radius 2 is 2.18 bits per heavy atom. The Balaban J connectivity index is 1.83. The zero-order valence-corrected chi connectivity index (χ0v) is 17.4. The molecule has 3 aromatic rings. The highest BCUT2D eigenvalue weighted by atomic mass is 79.9. The van der Waals surface area contributed by atoms with Gasteiger partial charge in [-0.1, -0.05) is 49.9 Å². The van der Waals surface area contributed by atoms with Gasteiger partial charge in [-0.2, -0.15) is 9.61 Å². The topological polar surface area (TPSA) is 62.5 Å². The highest BCUT2D eigenvalue weighted by Gasteiger charge is 2.13. The van der Waals surface area contributed by atoms with Crippen LogP contribution in [0.3, 0.4) is 0 Å². The average molecular weight is 439 g/mol. The van der Waals surface area contributed by atoms with Crippen molar-refractivity contribution in [2.75, 3.05) is 11.9 Å². The lowest BCUT2D eigenvalue weighted by Gasteiger charge is -2.11. The molecule has 6 heteroatoms. The van der Waals surface area contributed by atoms with Gasteiger partial charge in [0.2, 0.25) is 0 Å². The molecular weight excluding hydrogens is 416 g/mol. The van der Waals surface area contributed by atoms with E-state index in [9.17, 15) is 5.11 Å². The van der Waals surface area contributed by atoms with Gasteiger partial charge in [-0.3, -0.25) is 0 Å². The number of halogens is 1. The van der Waals surface area contributed by atoms with Crippen molar-refractivity contribution in [2.45, 2.75) is 19.8 Å². The van der Waals surface area contributed by atoms with E-state index in [1.165, 1.54) is 5.57 Å². The summed E-state index contributed by atoms with van der Waals surface area (Å²) >= 11 is 3.50. The first-order valence-corrected chi connectivity index (χ1v) is 9.98. The number of phenolic OH excluding ortho intramolecular Hbond substituents is 1. The second-order valence-electron chi connectivity index (χ2n) is 6.22. The molecule has 3 rings (SSSR count). The van der Waals surface area contributed by atoms with Crippen molar-refractivity contribution >= 4 is 27.4 Å². The zero-order chi connectivity index (χ0) is 19.9. The molecule has 28 heavy (non-hydrogen) atoms. The van der Waals surface area contributed by atoms with Crippen LogP contribution in [0.2, 0.25) is 0 Å². The molecule has 0 saturated heterocycles. The van der Waals surface area contributed by atoms with E-state index >= 15 is 0 Å². The fourth-order valence-electron chi connectivity index (χ4n) is 2.85.